The molecule has 3 aromatic carbocycles. The van der Waals surface area contributed by atoms with Crippen molar-refractivity contribution in [3.63, 3.8) is 0 Å². The van der Waals surface area contributed by atoms with Gasteiger partial charge >= 0.3 is 0 Å². The van der Waals surface area contributed by atoms with E-state index in [1.165, 1.54) is 23.0 Å². The third-order valence-electron chi connectivity index (χ3n) is 5.83. The highest BCUT2D eigenvalue weighted by atomic mass is 32.2. The standard InChI is InChI=1S/C28H33FN4OS2/c1-33(17-18-35-20-21-3-10-25(34-2)11-4-21)16-15-30-13-14-31-24-8-5-22(6-9-24)28-32-26-12-7-23(29)19-27(26)36-28/h3-12,19,30-31H,13-18,20H2,1-2H3. The van der Waals surface area contributed by atoms with Gasteiger partial charge < -0.3 is 20.3 Å². The molecule has 0 saturated heterocycles. The predicted octanol–water partition coefficient (Wildman–Crippen LogP) is 5.98. The fourth-order valence-corrected chi connectivity index (χ4v) is 5.70. The molecule has 0 unspecified atom stereocenters. The number of nitrogens with zero attached hydrogens (tertiary/aromatic N) is 2. The van der Waals surface area contributed by atoms with Gasteiger partial charge in [-0.15, -0.1) is 11.3 Å². The van der Waals surface area contributed by atoms with E-state index in [2.05, 4.69) is 64.0 Å². The Morgan fingerprint density at radius 2 is 1.78 bits per heavy atom. The SMILES string of the molecule is COc1ccc(CSCCN(C)CCNCCNc2ccc(-c3nc4ccc(F)cc4s3)cc2)cc1. The van der Waals surface area contributed by atoms with Crippen LogP contribution >= 0.6 is 23.1 Å². The maximum absolute atomic E-state index is 13.4. The van der Waals surface area contributed by atoms with E-state index in [0.717, 1.165) is 76.5 Å². The minimum Gasteiger partial charge on any atom is -0.497 e. The summed E-state index contributed by atoms with van der Waals surface area (Å²) in [7, 11) is 3.87. The number of ether oxygens (including phenoxy) is 1. The summed E-state index contributed by atoms with van der Waals surface area (Å²) < 4.78 is 19.5. The summed E-state index contributed by atoms with van der Waals surface area (Å²) in [6, 6.07) is 21.3. The van der Waals surface area contributed by atoms with Gasteiger partial charge in [0, 0.05) is 55.5 Å². The molecule has 0 bridgehead atoms. The Labute approximate surface area is 221 Å². The van der Waals surface area contributed by atoms with Crippen LogP contribution in [-0.4, -0.2) is 62.5 Å². The van der Waals surface area contributed by atoms with Gasteiger partial charge in [0.25, 0.3) is 0 Å². The fourth-order valence-electron chi connectivity index (χ4n) is 3.69. The summed E-state index contributed by atoms with van der Waals surface area (Å²) >= 11 is 3.48. The molecule has 0 radical (unpaired) electrons. The first kappa shape index (κ1) is 26.4. The Hall–Kier alpha value is -2.65. The van der Waals surface area contributed by atoms with Crippen LogP contribution < -0.4 is 15.4 Å². The largest absolute Gasteiger partial charge is 0.497 e. The zero-order chi connectivity index (χ0) is 25.2. The molecule has 0 aliphatic heterocycles. The molecule has 0 aliphatic rings. The number of aromatic nitrogens is 1. The Morgan fingerprint density at radius 3 is 2.56 bits per heavy atom. The van der Waals surface area contributed by atoms with Crippen molar-refractivity contribution >= 4 is 39.0 Å². The summed E-state index contributed by atoms with van der Waals surface area (Å²) in [5, 5.41) is 7.87. The van der Waals surface area contributed by atoms with Crippen LogP contribution in [0.2, 0.25) is 0 Å². The number of methoxy groups -OCH3 is 1. The van der Waals surface area contributed by atoms with E-state index in [0.29, 0.717) is 0 Å². The van der Waals surface area contributed by atoms with Crippen LogP contribution in [0.5, 0.6) is 5.75 Å². The lowest BCUT2D eigenvalue weighted by atomic mass is 10.2. The zero-order valence-electron chi connectivity index (χ0n) is 20.8. The Kier molecular flexibility index (Phi) is 9.98. The number of fused-ring (bicyclic) bond motifs is 1. The van der Waals surface area contributed by atoms with Crippen molar-refractivity contribution in [3.05, 3.63) is 78.1 Å². The number of thiazole rings is 1. The number of benzene rings is 3. The topological polar surface area (TPSA) is 49.4 Å². The predicted molar refractivity (Wildman–Crippen MR) is 153 cm³/mol. The van der Waals surface area contributed by atoms with Crippen molar-refractivity contribution in [2.45, 2.75) is 5.75 Å². The molecular formula is C28H33FN4OS2. The number of hydrogen-bond donors (Lipinski definition) is 2. The van der Waals surface area contributed by atoms with Gasteiger partial charge in [0.2, 0.25) is 0 Å². The van der Waals surface area contributed by atoms with E-state index in [9.17, 15) is 4.39 Å². The molecule has 0 amide bonds. The van der Waals surface area contributed by atoms with Crippen molar-refractivity contribution < 1.29 is 9.13 Å². The number of thioether (sulfide) groups is 1. The van der Waals surface area contributed by atoms with E-state index < -0.39 is 0 Å². The molecule has 0 spiro atoms. The Bertz CT molecular complexity index is 1210. The van der Waals surface area contributed by atoms with E-state index >= 15 is 0 Å². The number of hydrogen-bond acceptors (Lipinski definition) is 7. The molecule has 0 fully saturated rings. The molecule has 1 heterocycles. The summed E-state index contributed by atoms with van der Waals surface area (Å²) in [6.07, 6.45) is 0. The summed E-state index contributed by atoms with van der Waals surface area (Å²) in [5.41, 5.74) is 4.30. The second-order valence-electron chi connectivity index (χ2n) is 8.59. The third kappa shape index (κ3) is 7.93. The van der Waals surface area contributed by atoms with Gasteiger partial charge in [0.05, 0.1) is 17.3 Å². The maximum atomic E-state index is 13.4. The molecule has 4 rings (SSSR count). The van der Waals surface area contributed by atoms with Crippen molar-refractivity contribution in [1.82, 2.24) is 15.2 Å². The van der Waals surface area contributed by atoms with E-state index in [1.54, 1.807) is 19.2 Å². The first-order chi connectivity index (χ1) is 17.6. The van der Waals surface area contributed by atoms with E-state index in [-0.39, 0.29) is 5.82 Å². The molecule has 36 heavy (non-hydrogen) atoms. The number of nitrogens with one attached hydrogen (secondary N) is 2. The van der Waals surface area contributed by atoms with Crippen LogP contribution in [0.1, 0.15) is 5.56 Å². The highest BCUT2D eigenvalue weighted by molar-refractivity contribution is 7.98. The molecule has 190 valence electrons. The average Bonchev–Trinajstić information content (AvgIpc) is 3.32. The van der Waals surface area contributed by atoms with Crippen molar-refractivity contribution in [1.29, 1.82) is 0 Å². The lowest BCUT2D eigenvalue weighted by Gasteiger charge is -2.17. The number of likely N-dealkylation sites (N-methyl/N-ethyl adjacent to an activating group) is 1. The Balaban J connectivity index is 1.07. The van der Waals surface area contributed by atoms with Crippen LogP contribution in [0, 0.1) is 5.82 Å². The van der Waals surface area contributed by atoms with Gasteiger partial charge in [-0.25, -0.2) is 9.37 Å². The average molecular weight is 525 g/mol. The quantitative estimate of drug-likeness (QED) is 0.198. The molecule has 1 aromatic heterocycles. The summed E-state index contributed by atoms with van der Waals surface area (Å²) in [6.45, 7) is 4.85. The van der Waals surface area contributed by atoms with Crippen LogP contribution in [-0.2, 0) is 5.75 Å². The van der Waals surface area contributed by atoms with Gasteiger partial charge in [0.1, 0.15) is 16.6 Å². The first-order valence-corrected chi connectivity index (χ1v) is 14.1. The molecule has 2 N–H and O–H groups in total. The monoisotopic (exact) mass is 524 g/mol. The fraction of sp³-hybridized carbons (Fsp3) is 0.321. The van der Waals surface area contributed by atoms with E-state index in [1.807, 2.05) is 23.9 Å². The second-order valence-corrected chi connectivity index (χ2v) is 10.7. The van der Waals surface area contributed by atoms with Gasteiger partial charge in [-0.05, 0) is 67.2 Å². The van der Waals surface area contributed by atoms with Crippen molar-refractivity contribution in [2.24, 2.45) is 0 Å². The molecule has 0 atom stereocenters. The van der Waals surface area contributed by atoms with Crippen LogP contribution in [0.3, 0.4) is 0 Å². The van der Waals surface area contributed by atoms with Crippen LogP contribution in [0.4, 0.5) is 10.1 Å². The minimum atomic E-state index is -0.225. The van der Waals surface area contributed by atoms with Crippen molar-refractivity contribution in [3.8, 4) is 16.3 Å². The van der Waals surface area contributed by atoms with Crippen LogP contribution in [0.15, 0.2) is 66.7 Å². The zero-order valence-corrected chi connectivity index (χ0v) is 22.4. The highest BCUT2D eigenvalue weighted by Crippen LogP contribution is 2.31. The van der Waals surface area contributed by atoms with Gasteiger partial charge in [0.15, 0.2) is 0 Å². The Morgan fingerprint density at radius 1 is 0.972 bits per heavy atom. The normalized spacial score (nSPS) is 11.3. The minimum absolute atomic E-state index is 0.225. The van der Waals surface area contributed by atoms with Crippen molar-refractivity contribution in [2.75, 3.05) is 58.0 Å². The first-order valence-electron chi connectivity index (χ1n) is 12.1. The number of halogens is 1. The van der Waals surface area contributed by atoms with Crippen LogP contribution in [0.25, 0.3) is 20.8 Å². The molecule has 0 saturated carbocycles. The van der Waals surface area contributed by atoms with Gasteiger partial charge in [-0.1, -0.05) is 12.1 Å². The molecular weight excluding hydrogens is 491 g/mol. The lowest BCUT2D eigenvalue weighted by Crippen LogP contribution is -2.32. The van der Waals surface area contributed by atoms with Gasteiger partial charge in [-0.2, -0.15) is 11.8 Å². The summed E-state index contributed by atoms with van der Waals surface area (Å²) in [5.74, 6) is 2.83. The maximum Gasteiger partial charge on any atom is 0.124 e. The molecule has 5 nitrogen and oxygen atoms in total. The lowest BCUT2D eigenvalue weighted by molar-refractivity contribution is 0.353. The summed E-state index contributed by atoms with van der Waals surface area (Å²) in [4.78, 5) is 6.99. The molecule has 8 heteroatoms. The second kappa shape index (κ2) is 13.6. The molecule has 4 aromatic rings. The molecule has 0 aliphatic carbocycles. The third-order valence-corrected chi connectivity index (χ3v) is 7.90. The smallest absolute Gasteiger partial charge is 0.124 e. The van der Waals surface area contributed by atoms with E-state index in [4.69, 9.17) is 4.74 Å². The highest BCUT2D eigenvalue weighted by Gasteiger charge is 2.07. The number of rotatable bonds is 14. The van der Waals surface area contributed by atoms with Gasteiger partial charge in [-0.3, -0.25) is 0 Å². The number of anilines is 1.